The molecule has 0 spiro atoms. The van der Waals surface area contributed by atoms with Crippen LogP contribution in [0.3, 0.4) is 0 Å². The number of rotatable bonds is 9. The lowest BCUT2D eigenvalue weighted by molar-refractivity contribution is -0.142. The number of ether oxygens (including phenoxy) is 1. The molecule has 2 aromatic carbocycles. The van der Waals surface area contributed by atoms with E-state index in [-0.39, 0.29) is 30.9 Å². The summed E-state index contributed by atoms with van der Waals surface area (Å²) >= 11 is 6.05. The van der Waals surface area contributed by atoms with Crippen molar-refractivity contribution in [3.8, 4) is 5.75 Å². The Morgan fingerprint density at radius 3 is 2.55 bits per heavy atom. The molecule has 0 saturated carbocycles. The zero-order valence-corrected chi connectivity index (χ0v) is 17.6. The van der Waals surface area contributed by atoms with Crippen LogP contribution in [0, 0.1) is 5.82 Å². The molecule has 5 nitrogen and oxygen atoms in total. The lowest BCUT2D eigenvalue weighted by Crippen LogP contribution is -2.50. The van der Waals surface area contributed by atoms with Gasteiger partial charge in [0, 0.05) is 17.6 Å². The second-order valence-electron chi connectivity index (χ2n) is 6.86. The quantitative estimate of drug-likeness (QED) is 0.661. The van der Waals surface area contributed by atoms with Crippen LogP contribution in [0.1, 0.15) is 32.8 Å². The standard InChI is InChI=1S/C22H26ClFN2O3/c1-4-15(2)25-22(28)16(3)26(13-17-8-7-9-18(23)12-17)21(27)14-29-20-11-6-5-10-19(20)24/h5-12,15-16H,4,13-14H2,1-3H3,(H,25,28)/t15-,16+/m1/s1. The van der Waals surface area contributed by atoms with E-state index in [2.05, 4.69) is 5.32 Å². The third kappa shape index (κ3) is 6.75. The predicted molar refractivity (Wildman–Crippen MR) is 111 cm³/mol. The largest absolute Gasteiger partial charge is 0.481 e. The highest BCUT2D eigenvalue weighted by Gasteiger charge is 2.27. The van der Waals surface area contributed by atoms with Crippen LogP contribution in [0.5, 0.6) is 5.75 Å². The van der Waals surface area contributed by atoms with E-state index >= 15 is 0 Å². The summed E-state index contributed by atoms with van der Waals surface area (Å²) in [5.74, 6) is -1.26. The number of amides is 2. The summed E-state index contributed by atoms with van der Waals surface area (Å²) < 4.78 is 19.1. The molecule has 0 aliphatic carbocycles. The van der Waals surface area contributed by atoms with Crippen molar-refractivity contribution in [3.63, 3.8) is 0 Å². The van der Waals surface area contributed by atoms with Gasteiger partial charge in [0.15, 0.2) is 18.2 Å². The minimum absolute atomic E-state index is 0.0114. The third-order valence-electron chi connectivity index (χ3n) is 4.60. The van der Waals surface area contributed by atoms with E-state index in [9.17, 15) is 14.0 Å². The van der Waals surface area contributed by atoms with Crippen LogP contribution >= 0.6 is 11.6 Å². The molecule has 2 aromatic rings. The average Bonchev–Trinajstić information content (AvgIpc) is 2.70. The summed E-state index contributed by atoms with van der Waals surface area (Å²) in [6.07, 6.45) is 0.775. The molecular formula is C22H26ClFN2O3. The molecule has 2 amide bonds. The Labute approximate surface area is 175 Å². The summed E-state index contributed by atoms with van der Waals surface area (Å²) in [5.41, 5.74) is 0.778. The van der Waals surface area contributed by atoms with Crippen molar-refractivity contribution in [2.45, 2.75) is 45.8 Å². The summed E-state index contributed by atoms with van der Waals surface area (Å²) in [6.45, 7) is 5.31. The smallest absolute Gasteiger partial charge is 0.261 e. The van der Waals surface area contributed by atoms with Gasteiger partial charge in [0.05, 0.1) is 0 Å². The normalized spacial score (nSPS) is 12.7. The Balaban J connectivity index is 2.17. The second-order valence-corrected chi connectivity index (χ2v) is 7.30. The maximum absolute atomic E-state index is 13.8. The summed E-state index contributed by atoms with van der Waals surface area (Å²) in [6, 6.07) is 12.2. The van der Waals surface area contributed by atoms with Crippen LogP contribution in [0.2, 0.25) is 5.02 Å². The van der Waals surface area contributed by atoms with Crippen LogP contribution in [-0.2, 0) is 16.1 Å². The van der Waals surface area contributed by atoms with Gasteiger partial charge in [-0.2, -0.15) is 0 Å². The molecule has 0 saturated heterocycles. The number of carbonyl (C=O) groups is 2. The van der Waals surface area contributed by atoms with Crippen molar-refractivity contribution < 1.29 is 18.7 Å². The zero-order chi connectivity index (χ0) is 21.4. The molecule has 29 heavy (non-hydrogen) atoms. The van der Waals surface area contributed by atoms with Crippen molar-refractivity contribution in [1.29, 1.82) is 0 Å². The Morgan fingerprint density at radius 1 is 1.17 bits per heavy atom. The van der Waals surface area contributed by atoms with Crippen LogP contribution < -0.4 is 10.1 Å². The fourth-order valence-corrected chi connectivity index (χ4v) is 2.88. The van der Waals surface area contributed by atoms with Gasteiger partial charge in [-0.15, -0.1) is 0 Å². The molecule has 0 aliphatic heterocycles. The van der Waals surface area contributed by atoms with Crippen molar-refractivity contribution >= 4 is 23.4 Å². The Kier molecular flexibility index (Phi) is 8.46. The van der Waals surface area contributed by atoms with Gasteiger partial charge in [0.25, 0.3) is 5.91 Å². The molecule has 2 rings (SSSR count). The highest BCUT2D eigenvalue weighted by Crippen LogP contribution is 2.17. The average molecular weight is 421 g/mol. The summed E-state index contributed by atoms with van der Waals surface area (Å²) in [7, 11) is 0. The topological polar surface area (TPSA) is 58.6 Å². The number of nitrogens with zero attached hydrogens (tertiary/aromatic N) is 1. The van der Waals surface area contributed by atoms with E-state index in [0.717, 1.165) is 12.0 Å². The Hall–Kier alpha value is -2.60. The number of halogens is 2. The maximum Gasteiger partial charge on any atom is 0.261 e. The SMILES string of the molecule is CC[C@@H](C)NC(=O)[C@H](C)N(Cc1cccc(Cl)c1)C(=O)COc1ccccc1F. The highest BCUT2D eigenvalue weighted by atomic mass is 35.5. The van der Waals surface area contributed by atoms with E-state index in [0.29, 0.717) is 5.02 Å². The molecule has 0 aromatic heterocycles. The number of carbonyl (C=O) groups excluding carboxylic acids is 2. The summed E-state index contributed by atoms with van der Waals surface area (Å²) in [4.78, 5) is 26.9. The first-order valence-corrected chi connectivity index (χ1v) is 9.91. The van der Waals surface area contributed by atoms with E-state index in [1.54, 1.807) is 31.2 Å². The van der Waals surface area contributed by atoms with Crippen molar-refractivity contribution in [3.05, 3.63) is 64.9 Å². The first kappa shape index (κ1) is 22.7. The monoisotopic (exact) mass is 420 g/mol. The van der Waals surface area contributed by atoms with Gasteiger partial charge in [-0.3, -0.25) is 9.59 Å². The minimum atomic E-state index is -0.736. The molecule has 156 valence electrons. The molecule has 0 bridgehead atoms. The highest BCUT2D eigenvalue weighted by molar-refractivity contribution is 6.30. The molecule has 0 heterocycles. The van der Waals surface area contributed by atoms with Gasteiger partial charge in [0.2, 0.25) is 5.91 Å². The van der Waals surface area contributed by atoms with Crippen molar-refractivity contribution in [2.24, 2.45) is 0 Å². The van der Waals surface area contributed by atoms with Gasteiger partial charge >= 0.3 is 0 Å². The van der Waals surface area contributed by atoms with E-state index < -0.39 is 17.8 Å². The lowest BCUT2D eigenvalue weighted by Gasteiger charge is -2.29. The molecule has 1 N–H and O–H groups in total. The van der Waals surface area contributed by atoms with Gasteiger partial charge in [0.1, 0.15) is 6.04 Å². The number of benzene rings is 2. The Morgan fingerprint density at radius 2 is 1.90 bits per heavy atom. The third-order valence-corrected chi connectivity index (χ3v) is 4.83. The molecular weight excluding hydrogens is 395 g/mol. The molecule has 0 fully saturated rings. The van der Waals surface area contributed by atoms with Gasteiger partial charge in [-0.05, 0) is 50.1 Å². The van der Waals surface area contributed by atoms with Crippen LogP contribution in [0.4, 0.5) is 4.39 Å². The van der Waals surface area contributed by atoms with E-state index in [1.807, 2.05) is 19.9 Å². The number of para-hydroxylation sites is 1. The van der Waals surface area contributed by atoms with Crippen molar-refractivity contribution in [2.75, 3.05) is 6.61 Å². The van der Waals surface area contributed by atoms with E-state index in [4.69, 9.17) is 16.3 Å². The fourth-order valence-electron chi connectivity index (χ4n) is 2.66. The van der Waals surface area contributed by atoms with Gasteiger partial charge in [-0.1, -0.05) is 42.8 Å². The second kappa shape index (κ2) is 10.8. The predicted octanol–water partition coefficient (Wildman–Crippen LogP) is 4.19. The van der Waals surface area contributed by atoms with Crippen LogP contribution in [0.15, 0.2) is 48.5 Å². The lowest BCUT2D eigenvalue weighted by atomic mass is 10.1. The van der Waals surface area contributed by atoms with Crippen LogP contribution in [-0.4, -0.2) is 35.4 Å². The zero-order valence-electron chi connectivity index (χ0n) is 16.8. The first-order chi connectivity index (χ1) is 13.8. The molecule has 2 atom stereocenters. The van der Waals surface area contributed by atoms with Crippen LogP contribution in [0.25, 0.3) is 0 Å². The van der Waals surface area contributed by atoms with Crippen molar-refractivity contribution in [1.82, 2.24) is 10.2 Å². The van der Waals surface area contributed by atoms with E-state index in [1.165, 1.54) is 23.1 Å². The molecule has 7 heteroatoms. The molecule has 0 unspecified atom stereocenters. The number of hydrogen-bond acceptors (Lipinski definition) is 3. The first-order valence-electron chi connectivity index (χ1n) is 9.53. The summed E-state index contributed by atoms with van der Waals surface area (Å²) in [5, 5.41) is 3.42. The Bertz CT molecular complexity index is 846. The fraction of sp³-hybridized carbons (Fsp3) is 0.364. The van der Waals surface area contributed by atoms with Gasteiger partial charge < -0.3 is 15.0 Å². The molecule has 0 radical (unpaired) electrons. The maximum atomic E-state index is 13.8. The number of nitrogens with one attached hydrogen (secondary N) is 1. The number of hydrogen-bond donors (Lipinski definition) is 1. The minimum Gasteiger partial charge on any atom is -0.481 e. The van der Waals surface area contributed by atoms with Gasteiger partial charge in [-0.25, -0.2) is 4.39 Å². The molecule has 0 aliphatic rings.